The highest BCUT2D eigenvalue weighted by Crippen LogP contribution is 2.29. The Labute approximate surface area is 132 Å². The third kappa shape index (κ3) is 2.95. The summed E-state index contributed by atoms with van der Waals surface area (Å²) in [5.74, 6) is 0.826. The summed E-state index contributed by atoms with van der Waals surface area (Å²) >= 11 is 0. The molecule has 0 aliphatic heterocycles. The van der Waals surface area contributed by atoms with Gasteiger partial charge in [-0.15, -0.1) is 0 Å². The van der Waals surface area contributed by atoms with Gasteiger partial charge in [-0.1, -0.05) is 11.2 Å². The van der Waals surface area contributed by atoms with Crippen LogP contribution in [0.15, 0.2) is 56.4 Å². The minimum absolute atomic E-state index is 0.00809. The first-order chi connectivity index (χ1) is 11.0. The maximum Gasteiger partial charge on any atom is 0.265 e. The number of nitrogens with one attached hydrogen (secondary N) is 1. The monoisotopic (exact) mass is 329 g/mol. The molecule has 3 aromatic rings. The third-order valence-corrected chi connectivity index (χ3v) is 4.58. The summed E-state index contributed by atoms with van der Waals surface area (Å²) in [6.07, 6.45) is 1.44. The van der Waals surface area contributed by atoms with E-state index in [1.54, 1.807) is 31.2 Å². The first-order valence-electron chi connectivity index (χ1n) is 6.54. The standard InChI is InChI=1S/C15H11N3O4S/c1-10-15(8-14(21-10)13-5-6-17-22-13)23(19,20)18-12-4-2-3-11(7-12)9-16/h2-8,18H,1H3. The van der Waals surface area contributed by atoms with Crippen LogP contribution in [0.2, 0.25) is 0 Å². The molecule has 3 rings (SSSR count). The first kappa shape index (κ1) is 14.9. The predicted octanol–water partition coefficient (Wildman–Crippen LogP) is 2.92. The molecule has 0 unspecified atom stereocenters. The van der Waals surface area contributed by atoms with Gasteiger partial charge in [-0.2, -0.15) is 5.26 Å². The van der Waals surface area contributed by atoms with Crippen molar-refractivity contribution in [2.24, 2.45) is 0 Å². The Morgan fingerprint density at radius 3 is 2.74 bits per heavy atom. The second-order valence-electron chi connectivity index (χ2n) is 4.71. The molecular weight excluding hydrogens is 318 g/mol. The van der Waals surface area contributed by atoms with Crippen LogP contribution in [-0.4, -0.2) is 13.6 Å². The Kier molecular flexibility index (Phi) is 3.64. The van der Waals surface area contributed by atoms with Gasteiger partial charge in [0.2, 0.25) is 5.76 Å². The second kappa shape index (κ2) is 5.62. The van der Waals surface area contributed by atoms with Gasteiger partial charge in [-0.25, -0.2) is 8.42 Å². The molecule has 0 spiro atoms. The highest BCUT2D eigenvalue weighted by atomic mass is 32.2. The van der Waals surface area contributed by atoms with E-state index in [4.69, 9.17) is 14.2 Å². The zero-order valence-corrected chi connectivity index (χ0v) is 12.8. The minimum Gasteiger partial charge on any atom is -0.456 e. The van der Waals surface area contributed by atoms with E-state index in [1.807, 2.05) is 6.07 Å². The van der Waals surface area contributed by atoms with Gasteiger partial charge < -0.3 is 8.94 Å². The Morgan fingerprint density at radius 2 is 2.04 bits per heavy atom. The average molecular weight is 329 g/mol. The highest BCUT2D eigenvalue weighted by molar-refractivity contribution is 7.92. The van der Waals surface area contributed by atoms with E-state index in [1.165, 1.54) is 18.3 Å². The van der Waals surface area contributed by atoms with Crippen molar-refractivity contribution in [1.82, 2.24) is 5.16 Å². The van der Waals surface area contributed by atoms with E-state index < -0.39 is 10.0 Å². The van der Waals surface area contributed by atoms with Crippen molar-refractivity contribution in [3.8, 4) is 17.6 Å². The Balaban J connectivity index is 1.95. The van der Waals surface area contributed by atoms with E-state index >= 15 is 0 Å². The van der Waals surface area contributed by atoms with Crippen molar-refractivity contribution in [2.45, 2.75) is 11.8 Å². The normalized spacial score (nSPS) is 11.1. The Morgan fingerprint density at radius 1 is 1.22 bits per heavy atom. The summed E-state index contributed by atoms with van der Waals surface area (Å²) in [6.45, 7) is 1.54. The van der Waals surface area contributed by atoms with E-state index in [-0.39, 0.29) is 16.4 Å². The zero-order chi connectivity index (χ0) is 16.4. The zero-order valence-electron chi connectivity index (χ0n) is 12.0. The van der Waals surface area contributed by atoms with Crippen molar-refractivity contribution in [3.05, 3.63) is 53.9 Å². The lowest BCUT2D eigenvalue weighted by atomic mass is 10.2. The molecule has 0 radical (unpaired) electrons. The van der Waals surface area contributed by atoms with Crippen LogP contribution in [0.3, 0.4) is 0 Å². The van der Waals surface area contributed by atoms with E-state index in [0.717, 1.165) is 0 Å². The van der Waals surface area contributed by atoms with Gasteiger partial charge in [0.1, 0.15) is 10.7 Å². The summed E-state index contributed by atoms with van der Waals surface area (Å²) in [5.41, 5.74) is 0.655. The van der Waals surface area contributed by atoms with Crippen molar-refractivity contribution < 1.29 is 17.4 Å². The lowest BCUT2D eigenvalue weighted by Crippen LogP contribution is -2.13. The number of nitrogens with zero attached hydrogens (tertiary/aromatic N) is 2. The number of rotatable bonds is 4. The quantitative estimate of drug-likeness (QED) is 0.788. The number of aryl methyl sites for hydroxylation is 1. The molecule has 0 atom stereocenters. The molecule has 1 aromatic carbocycles. The fourth-order valence-electron chi connectivity index (χ4n) is 2.06. The van der Waals surface area contributed by atoms with Crippen LogP contribution in [-0.2, 0) is 10.0 Å². The van der Waals surface area contributed by atoms with Crippen LogP contribution in [0, 0.1) is 18.3 Å². The number of sulfonamides is 1. The van der Waals surface area contributed by atoms with Gasteiger partial charge >= 0.3 is 0 Å². The molecule has 2 heterocycles. The second-order valence-corrected chi connectivity index (χ2v) is 6.36. The molecule has 1 N–H and O–H groups in total. The number of aromatic nitrogens is 1. The lowest BCUT2D eigenvalue weighted by Gasteiger charge is -2.06. The van der Waals surface area contributed by atoms with Crippen molar-refractivity contribution >= 4 is 15.7 Å². The van der Waals surface area contributed by atoms with Crippen LogP contribution in [0.4, 0.5) is 5.69 Å². The number of hydrogen-bond donors (Lipinski definition) is 1. The van der Waals surface area contributed by atoms with Crippen LogP contribution in [0.25, 0.3) is 11.5 Å². The number of anilines is 1. The Hall–Kier alpha value is -3.05. The van der Waals surface area contributed by atoms with Gasteiger partial charge in [-0.3, -0.25) is 4.72 Å². The van der Waals surface area contributed by atoms with Crippen LogP contribution in [0.5, 0.6) is 0 Å². The highest BCUT2D eigenvalue weighted by Gasteiger charge is 2.23. The first-order valence-corrected chi connectivity index (χ1v) is 8.02. The van der Waals surface area contributed by atoms with E-state index in [0.29, 0.717) is 17.0 Å². The number of hydrogen-bond acceptors (Lipinski definition) is 6. The van der Waals surface area contributed by atoms with Gasteiger partial charge in [0.25, 0.3) is 10.0 Å². The maximum absolute atomic E-state index is 12.5. The molecule has 23 heavy (non-hydrogen) atoms. The molecule has 0 saturated carbocycles. The topological polar surface area (TPSA) is 109 Å². The summed E-state index contributed by atoms with van der Waals surface area (Å²) in [4.78, 5) is -0.00809. The lowest BCUT2D eigenvalue weighted by molar-refractivity contribution is 0.414. The average Bonchev–Trinajstić information content (AvgIpc) is 3.16. The third-order valence-electron chi connectivity index (χ3n) is 3.09. The van der Waals surface area contributed by atoms with Crippen molar-refractivity contribution in [3.63, 3.8) is 0 Å². The molecule has 0 aliphatic carbocycles. The minimum atomic E-state index is -3.85. The molecule has 0 saturated heterocycles. The van der Waals surface area contributed by atoms with Crippen molar-refractivity contribution in [1.29, 1.82) is 5.26 Å². The molecule has 8 heteroatoms. The van der Waals surface area contributed by atoms with E-state index in [2.05, 4.69) is 9.88 Å². The van der Waals surface area contributed by atoms with Gasteiger partial charge in [0, 0.05) is 12.1 Å². The molecule has 0 aliphatic rings. The van der Waals surface area contributed by atoms with Gasteiger partial charge in [0.15, 0.2) is 5.76 Å². The SMILES string of the molecule is Cc1oc(-c2ccno2)cc1S(=O)(=O)Nc1cccc(C#N)c1. The van der Waals surface area contributed by atoms with Crippen LogP contribution >= 0.6 is 0 Å². The van der Waals surface area contributed by atoms with Crippen molar-refractivity contribution in [2.75, 3.05) is 4.72 Å². The number of nitriles is 1. The molecular formula is C15H11N3O4S. The smallest absolute Gasteiger partial charge is 0.265 e. The molecule has 0 bridgehead atoms. The van der Waals surface area contributed by atoms with Crippen LogP contribution in [0.1, 0.15) is 11.3 Å². The van der Waals surface area contributed by atoms with E-state index in [9.17, 15) is 8.42 Å². The molecule has 7 nitrogen and oxygen atoms in total. The fraction of sp³-hybridized carbons (Fsp3) is 0.0667. The van der Waals surface area contributed by atoms with Crippen LogP contribution < -0.4 is 4.72 Å². The predicted molar refractivity (Wildman–Crippen MR) is 80.9 cm³/mol. The largest absolute Gasteiger partial charge is 0.456 e. The molecule has 0 amide bonds. The summed E-state index contributed by atoms with van der Waals surface area (Å²) in [6, 6.07) is 11.1. The summed E-state index contributed by atoms with van der Waals surface area (Å²) < 4.78 is 37.8. The van der Waals surface area contributed by atoms with Gasteiger partial charge in [0.05, 0.1) is 23.5 Å². The summed E-state index contributed by atoms with van der Waals surface area (Å²) in [7, 11) is -3.85. The number of furan rings is 1. The Bertz CT molecular complexity index is 982. The fourth-order valence-corrected chi connectivity index (χ4v) is 3.29. The maximum atomic E-state index is 12.5. The number of benzene rings is 1. The molecule has 2 aromatic heterocycles. The summed E-state index contributed by atoms with van der Waals surface area (Å²) in [5, 5.41) is 12.4. The van der Waals surface area contributed by atoms with Gasteiger partial charge in [-0.05, 0) is 25.1 Å². The molecule has 0 fully saturated rings. The molecule has 116 valence electrons.